The molecule has 0 radical (unpaired) electrons. The minimum Gasteiger partial charge on any atom is -0.497 e. The van der Waals surface area contributed by atoms with E-state index in [-0.39, 0.29) is 18.5 Å². The number of aromatic nitrogens is 2. The zero-order valence-electron chi connectivity index (χ0n) is 19.6. The van der Waals surface area contributed by atoms with Gasteiger partial charge in [-0.3, -0.25) is 9.69 Å². The lowest BCUT2D eigenvalue weighted by molar-refractivity contribution is -0.117. The molecule has 1 N–H and O–H groups in total. The van der Waals surface area contributed by atoms with Crippen molar-refractivity contribution in [3.8, 4) is 28.7 Å². The number of carbonyl (C=O) groups is 1. The lowest BCUT2D eigenvalue weighted by Gasteiger charge is -2.21. The fourth-order valence-electron chi connectivity index (χ4n) is 3.14. The van der Waals surface area contributed by atoms with Crippen molar-refractivity contribution in [3.63, 3.8) is 0 Å². The minimum absolute atomic E-state index is 0.137. The van der Waals surface area contributed by atoms with Gasteiger partial charge >= 0.3 is 0 Å². The van der Waals surface area contributed by atoms with Crippen LogP contribution in [-0.4, -0.2) is 54.9 Å². The number of amides is 1. The normalized spacial score (nSPS) is 11.8. The fraction of sp³-hybridized carbons (Fsp3) is 0.375. The Labute approximate surface area is 193 Å². The molecule has 1 atom stereocenters. The van der Waals surface area contributed by atoms with Crippen molar-refractivity contribution in [3.05, 3.63) is 48.4 Å². The second-order valence-corrected chi connectivity index (χ2v) is 7.34. The predicted octanol–water partition coefficient (Wildman–Crippen LogP) is 4.17. The molecule has 1 amide bonds. The molecule has 1 heterocycles. The highest BCUT2D eigenvalue weighted by atomic mass is 16.5. The van der Waals surface area contributed by atoms with E-state index in [1.54, 1.807) is 25.3 Å². The Morgan fingerprint density at radius 1 is 1.06 bits per heavy atom. The van der Waals surface area contributed by atoms with Crippen LogP contribution in [0.3, 0.4) is 0 Å². The van der Waals surface area contributed by atoms with Crippen molar-refractivity contribution in [1.29, 1.82) is 0 Å². The van der Waals surface area contributed by atoms with E-state index in [0.29, 0.717) is 42.2 Å². The van der Waals surface area contributed by atoms with E-state index in [2.05, 4.69) is 15.5 Å². The van der Waals surface area contributed by atoms with Crippen LogP contribution in [0.1, 0.15) is 32.7 Å². The number of hydrogen-bond acceptors (Lipinski definition) is 8. The summed E-state index contributed by atoms with van der Waals surface area (Å²) in [6, 6.07) is 12.4. The van der Waals surface area contributed by atoms with Crippen LogP contribution in [0.25, 0.3) is 11.5 Å². The van der Waals surface area contributed by atoms with Gasteiger partial charge in [0.1, 0.15) is 5.75 Å². The number of carbonyl (C=O) groups excluding carboxylic acids is 1. The maximum absolute atomic E-state index is 12.6. The van der Waals surface area contributed by atoms with Crippen molar-refractivity contribution in [1.82, 2.24) is 15.1 Å². The molecule has 0 bridgehead atoms. The number of methoxy groups -OCH3 is 1. The molecule has 0 aliphatic rings. The average molecular weight is 455 g/mol. The van der Waals surface area contributed by atoms with E-state index in [4.69, 9.17) is 18.6 Å². The number of likely N-dealkylation sites (N-methyl/N-ethyl adjacent to an activating group) is 1. The zero-order chi connectivity index (χ0) is 23.8. The van der Waals surface area contributed by atoms with Gasteiger partial charge in [0.05, 0.1) is 32.9 Å². The van der Waals surface area contributed by atoms with Crippen molar-refractivity contribution < 1.29 is 23.4 Å². The van der Waals surface area contributed by atoms with Gasteiger partial charge in [-0.2, -0.15) is 0 Å². The Morgan fingerprint density at radius 2 is 1.76 bits per heavy atom. The zero-order valence-corrected chi connectivity index (χ0v) is 19.6. The number of ether oxygens (including phenoxy) is 3. The van der Waals surface area contributed by atoms with Gasteiger partial charge in [0.25, 0.3) is 0 Å². The van der Waals surface area contributed by atoms with E-state index in [0.717, 1.165) is 11.3 Å². The van der Waals surface area contributed by atoms with Gasteiger partial charge in [-0.25, -0.2) is 0 Å². The number of rotatable bonds is 11. The highest BCUT2D eigenvalue weighted by Crippen LogP contribution is 2.31. The molecule has 3 aromatic rings. The SMILES string of the molecule is CCOc1ccc(NC(=O)CN(C)C(C)c2nnc(-c3ccc(OC)cc3)o2)cc1OCC. The van der Waals surface area contributed by atoms with Gasteiger partial charge in [0, 0.05) is 17.3 Å². The molecule has 0 aliphatic carbocycles. The van der Waals surface area contributed by atoms with Crippen LogP contribution < -0.4 is 19.5 Å². The van der Waals surface area contributed by atoms with E-state index >= 15 is 0 Å². The Balaban J connectivity index is 1.61. The van der Waals surface area contributed by atoms with Crippen LogP contribution in [0, 0.1) is 0 Å². The second kappa shape index (κ2) is 11.3. The van der Waals surface area contributed by atoms with Crippen LogP contribution in [0.2, 0.25) is 0 Å². The highest BCUT2D eigenvalue weighted by molar-refractivity contribution is 5.92. The van der Waals surface area contributed by atoms with Gasteiger partial charge < -0.3 is 23.9 Å². The number of nitrogens with one attached hydrogen (secondary N) is 1. The molecule has 9 nitrogen and oxygen atoms in total. The molecule has 1 unspecified atom stereocenters. The van der Waals surface area contributed by atoms with E-state index in [1.165, 1.54) is 0 Å². The third-order valence-corrected chi connectivity index (χ3v) is 5.02. The number of anilines is 1. The Kier molecular flexibility index (Phi) is 8.26. The van der Waals surface area contributed by atoms with Gasteiger partial charge in [-0.05, 0) is 64.2 Å². The van der Waals surface area contributed by atoms with Crippen molar-refractivity contribution in [2.24, 2.45) is 0 Å². The van der Waals surface area contributed by atoms with Crippen LogP contribution >= 0.6 is 0 Å². The molecule has 3 rings (SSSR count). The predicted molar refractivity (Wildman–Crippen MR) is 125 cm³/mol. The lowest BCUT2D eigenvalue weighted by Crippen LogP contribution is -2.32. The molecule has 176 valence electrons. The number of hydrogen-bond donors (Lipinski definition) is 1. The molecular formula is C24H30N4O5. The molecule has 0 aliphatic heterocycles. The molecule has 0 fully saturated rings. The smallest absolute Gasteiger partial charge is 0.247 e. The third kappa shape index (κ3) is 6.23. The summed E-state index contributed by atoms with van der Waals surface area (Å²) < 4.78 is 22.2. The van der Waals surface area contributed by atoms with Gasteiger partial charge in [-0.15, -0.1) is 10.2 Å². The number of nitrogens with zero attached hydrogens (tertiary/aromatic N) is 3. The molecule has 9 heteroatoms. The highest BCUT2D eigenvalue weighted by Gasteiger charge is 2.21. The quantitative estimate of drug-likeness (QED) is 0.461. The summed E-state index contributed by atoms with van der Waals surface area (Å²) in [7, 11) is 3.44. The minimum atomic E-state index is -0.255. The third-order valence-electron chi connectivity index (χ3n) is 5.02. The van der Waals surface area contributed by atoms with Gasteiger partial charge in [-0.1, -0.05) is 0 Å². The van der Waals surface area contributed by atoms with Crippen molar-refractivity contribution >= 4 is 11.6 Å². The summed E-state index contributed by atoms with van der Waals surface area (Å²) in [5.74, 6) is 2.65. The first-order chi connectivity index (χ1) is 15.9. The molecule has 0 saturated heterocycles. The molecule has 2 aromatic carbocycles. The van der Waals surface area contributed by atoms with E-state index < -0.39 is 0 Å². The van der Waals surface area contributed by atoms with E-state index in [9.17, 15) is 4.79 Å². The van der Waals surface area contributed by atoms with Crippen LogP contribution in [0.4, 0.5) is 5.69 Å². The first-order valence-electron chi connectivity index (χ1n) is 10.8. The fourth-order valence-corrected chi connectivity index (χ4v) is 3.14. The van der Waals surface area contributed by atoms with E-state index in [1.807, 2.05) is 57.0 Å². The monoisotopic (exact) mass is 454 g/mol. The topological polar surface area (TPSA) is 99.0 Å². The Hall–Kier alpha value is -3.59. The largest absolute Gasteiger partial charge is 0.497 e. The molecule has 33 heavy (non-hydrogen) atoms. The first-order valence-corrected chi connectivity index (χ1v) is 10.8. The number of benzene rings is 2. The molecule has 0 saturated carbocycles. The standard InChI is InChI=1S/C24H30N4O5/c1-6-31-20-13-10-18(14-21(20)32-7-2)25-22(29)15-28(4)16(3)23-26-27-24(33-23)17-8-11-19(30-5)12-9-17/h8-14,16H,6-7,15H2,1-5H3,(H,25,29). The molecule has 1 aromatic heterocycles. The molecule has 0 spiro atoms. The van der Waals surface area contributed by atoms with Gasteiger partial charge in [0.15, 0.2) is 11.5 Å². The van der Waals surface area contributed by atoms with Crippen molar-refractivity contribution in [2.45, 2.75) is 26.8 Å². The lowest BCUT2D eigenvalue weighted by atomic mass is 10.2. The summed E-state index contributed by atoms with van der Waals surface area (Å²) in [6.45, 7) is 6.88. The maximum Gasteiger partial charge on any atom is 0.247 e. The van der Waals surface area contributed by atoms with Crippen LogP contribution in [0.5, 0.6) is 17.2 Å². The average Bonchev–Trinajstić information content (AvgIpc) is 3.30. The Morgan fingerprint density at radius 3 is 2.42 bits per heavy atom. The maximum atomic E-state index is 12.6. The summed E-state index contributed by atoms with van der Waals surface area (Å²) in [5, 5.41) is 11.2. The van der Waals surface area contributed by atoms with Crippen molar-refractivity contribution in [2.75, 3.05) is 39.2 Å². The molecular weight excluding hydrogens is 424 g/mol. The summed E-state index contributed by atoms with van der Waals surface area (Å²) in [6.07, 6.45) is 0. The first kappa shape index (κ1) is 24.1. The Bertz CT molecular complexity index is 1050. The van der Waals surface area contributed by atoms with Crippen LogP contribution in [-0.2, 0) is 4.79 Å². The summed E-state index contributed by atoms with van der Waals surface area (Å²) in [5.41, 5.74) is 1.43. The second-order valence-electron chi connectivity index (χ2n) is 7.34. The van der Waals surface area contributed by atoms with Crippen LogP contribution in [0.15, 0.2) is 46.9 Å². The summed E-state index contributed by atoms with van der Waals surface area (Å²) in [4.78, 5) is 14.5. The van der Waals surface area contributed by atoms with Gasteiger partial charge in [0.2, 0.25) is 17.7 Å². The summed E-state index contributed by atoms with van der Waals surface area (Å²) >= 11 is 0.